The Morgan fingerprint density at radius 1 is 1.52 bits per heavy atom. The van der Waals surface area contributed by atoms with E-state index in [1.54, 1.807) is 12.1 Å². The molecule has 1 saturated heterocycles. The third-order valence-corrected chi connectivity index (χ3v) is 4.52. The highest BCUT2D eigenvalue weighted by molar-refractivity contribution is 14.1. The topological polar surface area (TPSA) is 44.8 Å². The van der Waals surface area contributed by atoms with Crippen molar-refractivity contribution in [3.63, 3.8) is 0 Å². The highest BCUT2D eigenvalue weighted by atomic mass is 127. The van der Waals surface area contributed by atoms with E-state index < -0.39 is 11.6 Å². The van der Waals surface area contributed by atoms with E-state index in [4.69, 9.17) is 25.8 Å². The van der Waals surface area contributed by atoms with Crippen LogP contribution in [0.2, 0.25) is 0 Å². The lowest BCUT2D eigenvalue weighted by atomic mass is 9.89. The van der Waals surface area contributed by atoms with Gasteiger partial charge in [-0.3, -0.25) is 0 Å². The third-order valence-electron chi connectivity index (χ3n) is 3.74. The number of hydrogen-bond donors (Lipinski definition) is 0. The molecule has 6 heteroatoms. The molecule has 4 nitrogen and oxygen atoms in total. The monoisotopic (exact) mass is 424 g/mol. The Morgan fingerprint density at radius 3 is 2.86 bits per heavy atom. The molecule has 0 spiro atoms. The molecule has 21 heavy (non-hydrogen) atoms. The number of halogens is 2. The average molecular weight is 425 g/mol. The average Bonchev–Trinajstić information content (AvgIpc) is 2.91. The molecule has 1 heterocycles. The van der Waals surface area contributed by atoms with Gasteiger partial charge in [-0.1, -0.05) is 25.4 Å². The maximum Gasteiger partial charge on any atom is 0.342 e. The number of carbonyl (C=O) groups is 1. The fourth-order valence-corrected chi connectivity index (χ4v) is 2.91. The smallest absolute Gasteiger partial charge is 0.342 e. The molecule has 0 amide bonds. The van der Waals surface area contributed by atoms with Crippen molar-refractivity contribution in [1.82, 2.24) is 0 Å². The lowest BCUT2D eigenvalue weighted by Gasteiger charge is -2.31. The Morgan fingerprint density at radius 2 is 2.29 bits per heavy atom. The van der Waals surface area contributed by atoms with Gasteiger partial charge in [0.1, 0.15) is 16.9 Å². The molecule has 1 atom stereocenters. The van der Waals surface area contributed by atoms with Gasteiger partial charge in [0.15, 0.2) is 6.07 Å². The van der Waals surface area contributed by atoms with E-state index >= 15 is 0 Å². The molecule has 2 rings (SSSR count). The molecular formula is C15H18ClIO4. The van der Waals surface area contributed by atoms with Gasteiger partial charge in [0.05, 0.1) is 13.2 Å². The van der Waals surface area contributed by atoms with E-state index in [0.29, 0.717) is 30.9 Å². The lowest BCUT2D eigenvalue weighted by molar-refractivity contribution is -0.0470. The highest BCUT2D eigenvalue weighted by Crippen LogP contribution is 2.33. The molecule has 0 saturated carbocycles. The summed E-state index contributed by atoms with van der Waals surface area (Å²) >= 11 is 7.75. The summed E-state index contributed by atoms with van der Waals surface area (Å²) in [6.45, 7) is 5.12. The van der Waals surface area contributed by atoms with Crippen LogP contribution in [0.3, 0.4) is 0 Å². The SMILES string of the molecule is CC(C)C1(OC(=O)c2cc(I)ccc2OCCl)CCOC1. The van der Waals surface area contributed by atoms with Crippen LogP contribution < -0.4 is 4.74 Å². The Bertz CT molecular complexity index is 512. The Balaban J connectivity index is 2.25. The summed E-state index contributed by atoms with van der Waals surface area (Å²) in [5.41, 5.74) is -0.161. The molecule has 1 unspecified atom stereocenters. The number of hydrogen-bond acceptors (Lipinski definition) is 4. The first-order valence-corrected chi connectivity index (χ1v) is 8.39. The summed E-state index contributed by atoms with van der Waals surface area (Å²) in [5, 5.41) is 0. The van der Waals surface area contributed by atoms with Crippen molar-refractivity contribution in [2.45, 2.75) is 25.9 Å². The van der Waals surface area contributed by atoms with Crippen LogP contribution in [0.5, 0.6) is 5.75 Å². The van der Waals surface area contributed by atoms with Crippen LogP contribution in [0.25, 0.3) is 0 Å². The van der Waals surface area contributed by atoms with E-state index in [9.17, 15) is 4.79 Å². The molecule has 0 bridgehead atoms. The van der Waals surface area contributed by atoms with Crippen LogP contribution >= 0.6 is 34.2 Å². The molecule has 1 aliphatic rings. The van der Waals surface area contributed by atoms with Gasteiger partial charge < -0.3 is 14.2 Å². The Labute approximate surface area is 143 Å². The summed E-state index contributed by atoms with van der Waals surface area (Å²) in [6.07, 6.45) is 0.714. The normalized spacial score (nSPS) is 21.6. The van der Waals surface area contributed by atoms with E-state index in [1.807, 2.05) is 19.9 Å². The van der Waals surface area contributed by atoms with Gasteiger partial charge in [-0.2, -0.15) is 0 Å². The predicted octanol–water partition coefficient (Wildman–Crippen LogP) is 3.84. The maximum absolute atomic E-state index is 12.6. The summed E-state index contributed by atoms with van der Waals surface area (Å²) in [4.78, 5) is 12.6. The fourth-order valence-electron chi connectivity index (χ4n) is 2.30. The molecule has 1 aliphatic heterocycles. The lowest BCUT2D eigenvalue weighted by Crippen LogP contribution is -2.41. The third kappa shape index (κ3) is 3.81. The van der Waals surface area contributed by atoms with Crippen molar-refractivity contribution in [3.05, 3.63) is 27.3 Å². The molecule has 1 aromatic carbocycles. The second kappa shape index (κ2) is 7.15. The van der Waals surface area contributed by atoms with E-state index in [-0.39, 0.29) is 12.0 Å². The number of carbonyl (C=O) groups excluding carboxylic acids is 1. The van der Waals surface area contributed by atoms with Crippen molar-refractivity contribution in [2.24, 2.45) is 5.92 Å². The quantitative estimate of drug-likeness (QED) is 0.409. The van der Waals surface area contributed by atoms with Gasteiger partial charge in [0, 0.05) is 9.99 Å². The van der Waals surface area contributed by atoms with Gasteiger partial charge >= 0.3 is 5.97 Å². The van der Waals surface area contributed by atoms with Gasteiger partial charge in [-0.25, -0.2) is 4.79 Å². The van der Waals surface area contributed by atoms with Crippen LogP contribution in [-0.2, 0) is 9.47 Å². The molecule has 0 aromatic heterocycles. The second-order valence-electron chi connectivity index (χ2n) is 5.31. The van der Waals surface area contributed by atoms with E-state index in [1.165, 1.54) is 0 Å². The van der Waals surface area contributed by atoms with Crippen LogP contribution in [0.4, 0.5) is 0 Å². The summed E-state index contributed by atoms with van der Waals surface area (Å²) in [6, 6.07) is 5.32. The zero-order chi connectivity index (χ0) is 15.5. The zero-order valence-corrected chi connectivity index (χ0v) is 14.9. The summed E-state index contributed by atoms with van der Waals surface area (Å²) < 4.78 is 17.5. The zero-order valence-electron chi connectivity index (χ0n) is 12.0. The first-order valence-electron chi connectivity index (χ1n) is 6.78. The van der Waals surface area contributed by atoms with Crippen molar-refractivity contribution in [2.75, 3.05) is 19.3 Å². The van der Waals surface area contributed by atoms with Crippen LogP contribution in [0.1, 0.15) is 30.6 Å². The second-order valence-corrected chi connectivity index (χ2v) is 6.77. The van der Waals surface area contributed by atoms with Crippen molar-refractivity contribution in [3.8, 4) is 5.75 Å². The van der Waals surface area contributed by atoms with E-state index in [2.05, 4.69) is 22.6 Å². The maximum atomic E-state index is 12.6. The fraction of sp³-hybridized carbons (Fsp3) is 0.533. The molecule has 1 aromatic rings. The van der Waals surface area contributed by atoms with Crippen molar-refractivity contribution < 1.29 is 19.0 Å². The van der Waals surface area contributed by atoms with Crippen molar-refractivity contribution in [1.29, 1.82) is 0 Å². The number of esters is 1. The van der Waals surface area contributed by atoms with Gasteiger partial charge in [0.25, 0.3) is 0 Å². The molecule has 1 fully saturated rings. The number of ether oxygens (including phenoxy) is 3. The standard InChI is InChI=1S/C15H18ClIO4/c1-10(2)15(5-6-19-8-15)21-14(18)12-7-11(17)3-4-13(12)20-9-16/h3-4,7,10H,5-6,8-9H2,1-2H3. The first kappa shape index (κ1) is 16.8. The van der Waals surface area contributed by atoms with Crippen molar-refractivity contribution >= 4 is 40.2 Å². The van der Waals surface area contributed by atoms with Gasteiger partial charge in [-0.05, 0) is 46.7 Å². The Kier molecular flexibility index (Phi) is 5.73. The number of benzene rings is 1. The van der Waals surface area contributed by atoms with Gasteiger partial charge in [0.2, 0.25) is 0 Å². The Hall–Kier alpha value is -0.530. The minimum Gasteiger partial charge on any atom is -0.477 e. The minimum atomic E-state index is -0.559. The molecular weight excluding hydrogens is 407 g/mol. The van der Waals surface area contributed by atoms with Crippen LogP contribution in [0.15, 0.2) is 18.2 Å². The predicted molar refractivity (Wildman–Crippen MR) is 88.9 cm³/mol. The van der Waals surface area contributed by atoms with Crippen LogP contribution in [-0.4, -0.2) is 30.9 Å². The molecule has 0 aliphatic carbocycles. The highest BCUT2D eigenvalue weighted by Gasteiger charge is 2.42. The minimum absolute atomic E-state index is 0.0146. The largest absolute Gasteiger partial charge is 0.477 e. The first-order chi connectivity index (χ1) is 9.98. The van der Waals surface area contributed by atoms with Gasteiger partial charge in [-0.15, -0.1) is 0 Å². The molecule has 0 radical (unpaired) electrons. The number of rotatable bonds is 5. The number of alkyl halides is 1. The van der Waals surface area contributed by atoms with Crippen LogP contribution in [0, 0.1) is 9.49 Å². The van der Waals surface area contributed by atoms with E-state index in [0.717, 1.165) is 3.57 Å². The molecule has 0 N–H and O–H groups in total. The summed E-state index contributed by atoms with van der Waals surface area (Å²) in [5.74, 6) is 0.227. The summed E-state index contributed by atoms with van der Waals surface area (Å²) in [7, 11) is 0. The molecule has 116 valence electrons.